The number of benzene rings is 1. The largest absolute Gasteiger partial charge is 0.366 e. The van der Waals surface area contributed by atoms with Gasteiger partial charge in [-0.05, 0) is 37.5 Å². The van der Waals surface area contributed by atoms with Gasteiger partial charge in [0, 0.05) is 25.1 Å². The van der Waals surface area contributed by atoms with Gasteiger partial charge in [-0.25, -0.2) is 9.37 Å². The second kappa shape index (κ2) is 6.08. The third-order valence-electron chi connectivity index (χ3n) is 3.44. The van der Waals surface area contributed by atoms with Crippen molar-refractivity contribution >= 4 is 11.8 Å². The lowest BCUT2D eigenvalue weighted by atomic mass is 10.2. The van der Waals surface area contributed by atoms with Crippen molar-refractivity contribution in [3.05, 3.63) is 47.4 Å². The molecule has 110 valence electrons. The van der Waals surface area contributed by atoms with Crippen molar-refractivity contribution in [1.29, 1.82) is 0 Å². The zero-order valence-electron chi connectivity index (χ0n) is 12.1. The van der Waals surface area contributed by atoms with Crippen molar-refractivity contribution in [1.82, 2.24) is 9.97 Å². The molecule has 5 heteroatoms. The fourth-order valence-electron chi connectivity index (χ4n) is 2.22. The molecule has 2 N–H and O–H groups in total. The molecule has 1 aromatic heterocycles. The van der Waals surface area contributed by atoms with E-state index < -0.39 is 0 Å². The maximum Gasteiger partial charge on any atom is 0.224 e. The van der Waals surface area contributed by atoms with Crippen LogP contribution in [0.25, 0.3) is 0 Å². The molecule has 1 saturated carbocycles. The van der Waals surface area contributed by atoms with Gasteiger partial charge in [-0.15, -0.1) is 0 Å². The lowest BCUT2D eigenvalue weighted by Gasteiger charge is -2.10. The van der Waals surface area contributed by atoms with Gasteiger partial charge in [0.05, 0.1) is 5.69 Å². The summed E-state index contributed by atoms with van der Waals surface area (Å²) in [7, 11) is 0. The molecule has 1 fully saturated rings. The summed E-state index contributed by atoms with van der Waals surface area (Å²) in [5, 5.41) is 6.41. The number of halogens is 1. The first kappa shape index (κ1) is 13.8. The predicted molar refractivity (Wildman–Crippen MR) is 81.9 cm³/mol. The third kappa shape index (κ3) is 3.68. The highest BCUT2D eigenvalue weighted by Crippen LogP contribution is 2.39. The predicted octanol–water partition coefficient (Wildman–Crippen LogP) is 3.54. The van der Waals surface area contributed by atoms with Crippen LogP contribution in [0.2, 0.25) is 0 Å². The Morgan fingerprint density at radius 2 is 2.05 bits per heavy atom. The minimum absolute atomic E-state index is 0.219. The Kier molecular flexibility index (Phi) is 3.99. The minimum Gasteiger partial charge on any atom is -0.366 e. The summed E-state index contributed by atoms with van der Waals surface area (Å²) in [6, 6.07) is 8.58. The van der Waals surface area contributed by atoms with E-state index in [0.717, 1.165) is 23.6 Å². The molecule has 0 atom stereocenters. The third-order valence-corrected chi connectivity index (χ3v) is 3.44. The Hall–Kier alpha value is -2.17. The van der Waals surface area contributed by atoms with Crippen LogP contribution in [0, 0.1) is 5.82 Å². The Bertz CT molecular complexity index is 625. The molecule has 1 heterocycles. The van der Waals surface area contributed by atoms with Gasteiger partial charge in [-0.3, -0.25) is 0 Å². The number of rotatable bonds is 6. The molecule has 1 aliphatic carbocycles. The first-order valence-corrected chi connectivity index (χ1v) is 7.36. The lowest BCUT2D eigenvalue weighted by Crippen LogP contribution is -2.08. The molecule has 1 aromatic carbocycles. The Balaban J connectivity index is 1.74. The van der Waals surface area contributed by atoms with Crippen molar-refractivity contribution in [2.75, 3.05) is 17.2 Å². The minimum atomic E-state index is -0.219. The second-order valence-corrected chi connectivity index (χ2v) is 5.29. The van der Waals surface area contributed by atoms with Crippen molar-refractivity contribution < 1.29 is 4.39 Å². The van der Waals surface area contributed by atoms with Gasteiger partial charge in [-0.2, -0.15) is 4.98 Å². The van der Waals surface area contributed by atoms with Crippen LogP contribution in [0.15, 0.2) is 30.3 Å². The number of nitrogens with zero attached hydrogens (tertiary/aromatic N) is 2. The quantitative estimate of drug-likeness (QED) is 0.853. The first-order chi connectivity index (χ1) is 10.2. The highest BCUT2D eigenvalue weighted by Gasteiger charge is 2.26. The van der Waals surface area contributed by atoms with Crippen molar-refractivity contribution in [2.45, 2.75) is 32.2 Å². The topological polar surface area (TPSA) is 49.8 Å². The molecular weight excluding hydrogens is 267 g/mol. The summed E-state index contributed by atoms with van der Waals surface area (Å²) in [5.41, 5.74) is 1.98. The molecule has 1 aliphatic rings. The highest BCUT2D eigenvalue weighted by molar-refractivity contribution is 5.44. The van der Waals surface area contributed by atoms with Crippen LogP contribution in [-0.2, 0) is 6.54 Å². The van der Waals surface area contributed by atoms with Crippen LogP contribution >= 0.6 is 0 Å². The summed E-state index contributed by atoms with van der Waals surface area (Å²) < 4.78 is 13.2. The Morgan fingerprint density at radius 3 is 2.76 bits per heavy atom. The monoisotopic (exact) mass is 286 g/mol. The number of anilines is 2. The number of hydrogen-bond acceptors (Lipinski definition) is 4. The van der Waals surface area contributed by atoms with Gasteiger partial charge in [0.1, 0.15) is 11.6 Å². The average molecular weight is 286 g/mol. The summed E-state index contributed by atoms with van der Waals surface area (Å²) in [6.07, 6.45) is 2.40. The van der Waals surface area contributed by atoms with Crippen LogP contribution in [0.3, 0.4) is 0 Å². The van der Waals surface area contributed by atoms with E-state index in [4.69, 9.17) is 0 Å². The Morgan fingerprint density at radius 1 is 1.19 bits per heavy atom. The van der Waals surface area contributed by atoms with Gasteiger partial charge in [0.15, 0.2) is 0 Å². The van der Waals surface area contributed by atoms with Crippen LogP contribution in [0.5, 0.6) is 0 Å². The fourth-order valence-corrected chi connectivity index (χ4v) is 2.22. The molecule has 4 nitrogen and oxygen atoms in total. The molecule has 3 rings (SSSR count). The standard InChI is InChI=1S/C16H19FN4/c1-2-18-16-20-14(12-6-7-12)9-15(21-16)19-10-11-4-3-5-13(17)8-11/h3-5,8-9,12H,2,6-7,10H2,1H3,(H2,18,19,20,21). The van der Waals surface area contributed by atoms with Crippen LogP contribution in [0.1, 0.15) is 36.9 Å². The van der Waals surface area contributed by atoms with Crippen LogP contribution in [-0.4, -0.2) is 16.5 Å². The molecular formula is C16H19FN4. The molecule has 2 aromatic rings. The Labute approximate surface area is 123 Å². The van der Waals surface area contributed by atoms with Gasteiger partial charge < -0.3 is 10.6 Å². The van der Waals surface area contributed by atoms with E-state index in [1.54, 1.807) is 6.07 Å². The van der Waals surface area contributed by atoms with Crippen LogP contribution in [0.4, 0.5) is 16.2 Å². The second-order valence-electron chi connectivity index (χ2n) is 5.29. The molecule has 0 aliphatic heterocycles. The normalized spacial score (nSPS) is 14.0. The van der Waals surface area contributed by atoms with Gasteiger partial charge in [0.25, 0.3) is 0 Å². The molecule has 0 radical (unpaired) electrons. The number of hydrogen-bond donors (Lipinski definition) is 2. The van der Waals surface area contributed by atoms with Gasteiger partial charge in [-0.1, -0.05) is 12.1 Å². The lowest BCUT2D eigenvalue weighted by molar-refractivity contribution is 0.626. The maximum absolute atomic E-state index is 13.2. The molecule has 21 heavy (non-hydrogen) atoms. The summed E-state index contributed by atoms with van der Waals surface area (Å²) in [4.78, 5) is 8.98. The van der Waals surface area contributed by atoms with E-state index in [9.17, 15) is 4.39 Å². The van der Waals surface area contributed by atoms with Crippen molar-refractivity contribution in [3.8, 4) is 0 Å². The van der Waals surface area contributed by atoms with E-state index in [1.807, 2.05) is 19.1 Å². The molecule has 0 saturated heterocycles. The summed E-state index contributed by atoms with van der Waals surface area (Å²) >= 11 is 0. The molecule has 0 amide bonds. The average Bonchev–Trinajstić information content (AvgIpc) is 3.30. The SMILES string of the molecule is CCNc1nc(NCc2cccc(F)c2)cc(C2CC2)n1. The van der Waals surface area contributed by atoms with E-state index in [2.05, 4.69) is 20.6 Å². The smallest absolute Gasteiger partial charge is 0.224 e. The van der Waals surface area contributed by atoms with Crippen LogP contribution < -0.4 is 10.6 Å². The highest BCUT2D eigenvalue weighted by atomic mass is 19.1. The molecule has 0 bridgehead atoms. The number of aromatic nitrogens is 2. The van der Waals surface area contributed by atoms with Gasteiger partial charge in [0.2, 0.25) is 5.95 Å². The van der Waals surface area contributed by atoms with Crippen molar-refractivity contribution in [2.24, 2.45) is 0 Å². The zero-order valence-corrected chi connectivity index (χ0v) is 12.1. The summed E-state index contributed by atoms with van der Waals surface area (Å²) in [6.45, 7) is 3.36. The van der Waals surface area contributed by atoms with Crippen molar-refractivity contribution in [3.63, 3.8) is 0 Å². The van der Waals surface area contributed by atoms with E-state index in [1.165, 1.54) is 25.0 Å². The van der Waals surface area contributed by atoms with E-state index in [-0.39, 0.29) is 5.82 Å². The van der Waals surface area contributed by atoms with Gasteiger partial charge >= 0.3 is 0 Å². The maximum atomic E-state index is 13.2. The first-order valence-electron chi connectivity index (χ1n) is 7.36. The summed E-state index contributed by atoms with van der Waals surface area (Å²) in [5.74, 6) is 1.79. The molecule has 0 unspecified atom stereocenters. The van der Waals surface area contributed by atoms with E-state index >= 15 is 0 Å². The molecule has 0 spiro atoms. The fraction of sp³-hybridized carbons (Fsp3) is 0.375. The number of nitrogens with one attached hydrogen (secondary N) is 2. The zero-order chi connectivity index (χ0) is 14.7. The van der Waals surface area contributed by atoms with E-state index in [0.29, 0.717) is 18.4 Å².